The van der Waals surface area contributed by atoms with E-state index in [0.29, 0.717) is 5.56 Å². The predicted molar refractivity (Wildman–Crippen MR) is 56.5 cm³/mol. The summed E-state index contributed by atoms with van der Waals surface area (Å²) in [6.07, 6.45) is -3.46. The highest BCUT2D eigenvalue weighted by atomic mass is 79.9. The molecule has 0 aliphatic heterocycles. The van der Waals surface area contributed by atoms with Crippen LogP contribution in [-0.4, -0.2) is 16.2 Å². The number of halogens is 3. The lowest BCUT2D eigenvalue weighted by Gasteiger charge is -2.13. The van der Waals surface area contributed by atoms with Crippen LogP contribution in [0.4, 0.5) is 8.78 Å². The summed E-state index contributed by atoms with van der Waals surface area (Å²) in [6, 6.07) is 4.02. The van der Waals surface area contributed by atoms with Gasteiger partial charge in [-0.2, -0.15) is 8.78 Å². The van der Waals surface area contributed by atoms with Crippen LogP contribution in [0.2, 0.25) is 0 Å². The summed E-state index contributed by atoms with van der Waals surface area (Å²) in [5, 5.41) is 8.79. The number of hydrogen-bond acceptors (Lipinski definition) is 3. The number of rotatable bonds is 4. The highest BCUT2D eigenvalue weighted by molar-refractivity contribution is 9.10. The van der Waals surface area contributed by atoms with Crippen LogP contribution in [0, 0.1) is 0 Å². The van der Waals surface area contributed by atoms with E-state index >= 15 is 0 Å². The maximum absolute atomic E-state index is 12.1. The smallest absolute Gasteiger partial charge is 0.420 e. The zero-order chi connectivity index (χ0) is 12.3. The van der Waals surface area contributed by atoms with Gasteiger partial charge in [-0.05, 0) is 33.6 Å². The van der Waals surface area contributed by atoms with E-state index in [-0.39, 0.29) is 16.8 Å². The zero-order valence-corrected chi connectivity index (χ0v) is 10.3. The van der Waals surface area contributed by atoms with Crippen LogP contribution in [0.3, 0.4) is 0 Å². The van der Waals surface area contributed by atoms with Crippen LogP contribution in [-0.2, 0) is 11.2 Å². The average molecular weight is 317 g/mol. The Morgan fingerprint density at radius 3 is 2.56 bits per heavy atom. The van der Waals surface area contributed by atoms with Gasteiger partial charge in [-0.3, -0.25) is 0 Å². The molecule has 16 heavy (non-hydrogen) atoms. The first-order valence-electron chi connectivity index (χ1n) is 4.06. The van der Waals surface area contributed by atoms with E-state index in [1.165, 1.54) is 18.2 Å². The van der Waals surface area contributed by atoms with Crippen molar-refractivity contribution in [3.05, 3.63) is 28.2 Å². The highest BCUT2D eigenvalue weighted by Gasteiger charge is 2.34. The Balaban J connectivity index is 2.95. The Kier molecular flexibility index (Phi) is 4.43. The maximum Gasteiger partial charge on any atom is 0.442 e. The Morgan fingerprint density at radius 2 is 2.12 bits per heavy atom. The molecule has 4 nitrogen and oxygen atoms in total. The molecule has 0 aliphatic carbocycles. The van der Waals surface area contributed by atoms with E-state index in [9.17, 15) is 13.3 Å². The average Bonchev–Trinajstić information content (AvgIpc) is 2.20. The van der Waals surface area contributed by atoms with Crippen molar-refractivity contribution in [2.24, 2.45) is 0 Å². The van der Waals surface area contributed by atoms with Crippen molar-refractivity contribution in [2.45, 2.75) is 12.8 Å². The van der Waals surface area contributed by atoms with E-state index in [4.69, 9.17) is 10.00 Å². The quantitative estimate of drug-likeness (QED) is 0.838. The maximum atomic E-state index is 12.1. The van der Waals surface area contributed by atoms with E-state index in [0.717, 1.165) is 0 Å². The molecule has 90 valence electrons. The van der Waals surface area contributed by atoms with Gasteiger partial charge in [0, 0.05) is 0 Å². The lowest BCUT2D eigenvalue weighted by atomic mass is 10.2. The molecule has 0 saturated heterocycles. The van der Waals surface area contributed by atoms with Crippen molar-refractivity contribution in [3.8, 4) is 5.75 Å². The topological polar surface area (TPSA) is 66.8 Å². The van der Waals surface area contributed by atoms with Gasteiger partial charge in [-0.1, -0.05) is 6.07 Å². The van der Waals surface area contributed by atoms with Gasteiger partial charge in [0.25, 0.3) is 0 Å². The molecule has 0 bridgehead atoms. The Labute approximate surface area is 98.5 Å². The van der Waals surface area contributed by atoms with Gasteiger partial charge in [0.15, 0.2) is 0 Å². The molecule has 0 spiro atoms. The van der Waals surface area contributed by atoms with Gasteiger partial charge >= 0.3 is 13.8 Å². The lowest BCUT2D eigenvalue weighted by Crippen LogP contribution is -2.01. The fourth-order valence-corrected chi connectivity index (χ4v) is 2.05. The molecular weight excluding hydrogens is 309 g/mol. The zero-order valence-electron chi connectivity index (χ0n) is 7.81. The van der Waals surface area contributed by atoms with Crippen molar-refractivity contribution in [1.29, 1.82) is 0 Å². The molecular formula is C8H8BrF2O4P. The molecule has 0 radical (unpaired) electrons. The number of aliphatic hydroxyl groups excluding tert-OH is 1. The summed E-state index contributed by atoms with van der Waals surface area (Å²) in [7, 11) is -4.96. The molecule has 0 amide bonds. The molecule has 0 fully saturated rings. The minimum atomic E-state index is -4.96. The summed E-state index contributed by atoms with van der Waals surface area (Å²) < 4.78 is 39.6. The van der Waals surface area contributed by atoms with Crippen LogP contribution in [0.1, 0.15) is 5.56 Å². The van der Waals surface area contributed by atoms with Gasteiger partial charge < -0.3 is 14.5 Å². The van der Waals surface area contributed by atoms with E-state index in [1.54, 1.807) is 0 Å². The predicted octanol–water partition coefficient (Wildman–Crippen LogP) is 2.73. The number of aliphatic hydroxyl groups is 1. The monoisotopic (exact) mass is 316 g/mol. The Morgan fingerprint density at radius 1 is 1.50 bits per heavy atom. The minimum absolute atomic E-state index is 0.177. The third-order valence-electron chi connectivity index (χ3n) is 1.65. The largest absolute Gasteiger partial charge is 0.442 e. The van der Waals surface area contributed by atoms with E-state index < -0.39 is 13.8 Å². The number of alkyl halides is 2. The van der Waals surface area contributed by atoms with Gasteiger partial charge in [0.05, 0.1) is 11.1 Å². The second-order valence-corrected chi connectivity index (χ2v) is 5.41. The van der Waals surface area contributed by atoms with Gasteiger partial charge in [0.2, 0.25) is 0 Å². The second-order valence-electron chi connectivity index (χ2n) is 2.86. The second kappa shape index (κ2) is 5.23. The summed E-state index contributed by atoms with van der Waals surface area (Å²) in [6.45, 7) is -0.232. The molecule has 8 heteroatoms. The van der Waals surface area contributed by atoms with Gasteiger partial charge in [-0.15, -0.1) is 0 Å². The van der Waals surface area contributed by atoms with Crippen LogP contribution in [0.25, 0.3) is 0 Å². The third kappa shape index (κ3) is 3.25. The molecule has 0 heterocycles. The summed E-state index contributed by atoms with van der Waals surface area (Å²) >= 11 is 2.98. The van der Waals surface area contributed by atoms with Crippen LogP contribution < -0.4 is 4.52 Å². The van der Waals surface area contributed by atoms with Crippen LogP contribution >= 0.6 is 23.5 Å². The minimum Gasteiger partial charge on any atom is -0.420 e. The third-order valence-corrected chi connectivity index (χ3v) is 3.23. The Bertz CT molecular complexity index is 426. The molecule has 0 aliphatic rings. The van der Waals surface area contributed by atoms with Crippen molar-refractivity contribution in [1.82, 2.24) is 0 Å². The normalized spacial score (nSPS) is 14.9. The molecule has 1 aromatic rings. The fourth-order valence-electron chi connectivity index (χ4n) is 0.897. The fraction of sp³-hybridized carbons (Fsp3) is 0.250. The molecule has 1 atom stereocenters. The van der Waals surface area contributed by atoms with Crippen molar-refractivity contribution in [3.63, 3.8) is 0 Å². The Hall–Kier alpha value is -0.490. The summed E-state index contributed by atoms with van der Waals surface area (Å²) in [4.78, 5) is 8.81. The summed E-state index contributed by atoms with van der Waals surface area (Å²) in [5.41, 5.74) is 0.518. The highest BCUT2D eigenvalue weighted by Crippen LogP contribution is 2.50. The molecule has 1 unspecified atom stereocenters. The number of hydrogen-bond donors (Lipinski definition) is 2. The van der Waals surface area contributed by atoms with Crippen molar-refractivity contribution in [2.75, 3.05) is 0 Å². The van der Waals surface area contributed by atoms with Crippen molar-refractivity contribution >= 4 is 23.5 Å². The molecule has 1 rings (SSSR count). The first-order valence-corrected chi connectivity index (χ1v) is 6.50. The van der Waals surface area contributed by atoms with Crippen LogP contribution in [0.5, 0.6) is 5.75 Å². The number of benzene rings is 1. The van der Waals surface area contributed by atoms with E-state index in [2.05, 4.69) is 20.5 Å². The first-order chi connectivity index (χ1) is 7.36. The standard InChI is InChI=1S/C8H8BrF2O4P/c9-6-3-5(4-12)1-2-7(6)15-16(13,14)8(10)11/h1-3,8,12H,4H2,(H,13,14). The first kappa shape index (κ1) is 13.6. The van der Waals surface area contributed by atoms with Crippen LogP contribution in [0.15, 0.2) is 22.7 Å². The summed E-state index contributed by atoms with van der Waals surface area (Å²) in [5.74, 6) is -0.177. The SMILES string of the molecule is O=P(O)(Oc1ccc(CO)cc1Br)C(F)F. The lowest BCUT2D eigenvalue weighted by molar-refractivity contribution is 0.188. The molecule has 0 saturated carbocycles. The molecule has 2 N–H and O–H groups in total. The molecule has 0 aromatic heterocycles. The van der Waals surface area contributed by atoms with Crippen molar-refractivity contribution < 1.29 is 27.9 Å². The molecule has 1 aromatic carbocycles. The van der Waals surface area contributed by atoms with Gasteiger partial charge in [-0.25, -0.2) is 4.57 Å². The van der Waals surface area contributed by atoms with E-state index in [1.807, 2.05) is 0 Å². The van der Waals surface area contributed by atoms with Gasteiger partial charge in [0.1, 0.15) is 5.75 Å².